The predicted octanol–water partition coefficient (Wildman–Crippen LogP) is 0.974. The molecule has 3 nitrogen and oxygen atoms in total. The quantitative estimate of drug-likeness (QED) is 0.747. The Balaban J connectivity index is 1.41. The van der Waals surface area contributed by atoms with Crippen molar-refractivity contribution < 1.29 is 5.11 Å². The van der Waals surface area contributed by atoms with E-state index in [1.54, 1.807) is 0 Å². The van der Waals surface area contributed by atoms with E-state index < -0.39 is 0 Å². The zero-order chi connectivity index (χ0) is 11.0. The fourth-order valence-electron chi connectivity index (χ4n) is 3.34. The van der Waals surface area contributed by atoms with Gasteiger partial charge in [-0.2, -0.15) is 0 Å². The third-order valence-electron chi connectivity index (χ3n) is 4.60. The molecule has 0 bridgehead atoms. The van der Waals surface area contributed by atoms with Crippen LogP contribution in [0.1, 0.15) is 38.5 Å². The highest BCUT2D eigenvalue weighted by Gasteiger charge is 2.33. The summed E-state index contributed by atoms with van der Waals surface area (Å²) in [7, 11) is 0. The molecule has 92 valence electrons. The van der Waals surface area contributed by atoms with Gasteiger partial charge in [-0.25, -0.2) is 0 Å². The summed E-state index contributed by atoms with van der Waals surface area (Å²) < 4.78 is 0. The van der Waals surface area contributed by atoms with Crippen LogP contribution in [0.2, 0.25) is 0 Å². The predicted molar refractivity (Wildman–Crippen MR) is 64.4 cm³/mol. The summed E-state index contributed by atoms with van der Waals surface area (Å²) in [6, 6.07) is 1.50. The van der Waals surface area contributed by atoms with E-state index >= 15 is 0 Å². The van der Waals surface area contributed by atoms with Crippen molar-refractivity contribution in [3.05, 3.63) is 0 Å². The Hall–Kier alpha value is -0.120. The molecule has 3 unspecified atom stereocenters. The maximum absolute atomic E-state index is 9.83. The van der Waals surface area contributed by atoms with Gasteiger partial charge in [0.1, 0.15) is 0 Å². The first-order chi connectivity index (χ1) is 7.83. The average molecular weight is 224 g/mol. The van der Waals surface area contributed by atoms with Gasteiger partial charge in [-0.3, -0.25) is 0 Å². The van der Waals surface area contributed by atoms with Crippen molar-refractivity contribution in [2.75, 3.05) is 19.6 Å². The minimum Gasteiger partial charge on any atom is -0.392 e. The van der Waals surface area contributed by atoms with Crippen LogP contribution in [0, 0.1) is 5.92 Å². The van der Waals surface area contributed by atoms with Crippen LogP contribution < -0.4 is 5.32 Å². The van der Waals surface area contributed by atoms with Gasteiger partial charge < -0.3 is 15.3 Å². The number of fused-ring (bicyclic) bond motifs is 1. The molecule has 1 aliphatic carbocycles. The third kappa shape index (κ3) is 2.41. The summed E-state index contributed by atoms with van der Waals surface area (Å²) in [4.78, 5) is 2.65. The molecule has 2 N–H and O–H groups in total. The third-order valence-corrected chi connectivity index (χ3v) is 4.60. The van der Waals surface area contributed by atoms with Gasteiger partial charge in [0.2, 0.25) is 0 Å². The Kier molecular flexibility index (Phi) is 3.18. The number of aliphatic hydroxyl groups excluding tert-OH is 1. The van der Waals surface area contributed by atoms with Gasteiger partial charge in [-0.1, -0.05) is 0 Å². The van der Waals surface area contributed by atoms with Crippen molar-refractivity contribution >= 4 is 0 Å². The zero-order valence-corrected chi connectivity index (χ0v) is 10.1. The highest BCUT2D eigenvalue weighted by atomic mass is 16.3. The van der Waals surface area contributed by atoms with Crippen LogP contribution in [0.5, 0.6) is 0 Å². The Morgan fingerprint density at radius 3 is 2.88 bits per heavy atom. The van der Waals surface area contributed by atoms with Crippen molar-refractivity contribution in [3.8, 4) is 0 Å². The first kappa shape index (κ1) is 11.0. The number of aliphatic hydroxyl groups is 1. The van der Waals surface area contributed by atoms with Crippen LogP contribution >= 0.6 is 0 Å². The molecule has 0 aromatic carbocycles. The summed E-state index contributed by atoms with van der Waals surface area (Å²) in [5.74, 6) is 0.610. The molecule has 0 aromatic heterocycles. The average Bonchev–Trinajstić information content (AvgIpc) is 3.04. The largest absolute Gasteiger partial charge is 0.392 e. The molecule has 3 fully saturated rings. The second kappa shape index (κ2) is 4.63. The zero-order valence-electron chi connectivity index (χ0n) is 10.1. The number of hydrogen-bond donors (Lipinski definition) is 2. The number of nitrogens with one attached hydrogen (secondary N) is 1. The highest BCUT2D eigenvalue weighted by molar-refractivity contribution is 4.90. The van der Waals surface area contributed by atoms with Crippen molar-refractivity contribution in [2.24, 2.45) is 5.92 Å². The van der Waals surface area contributed by atoms with Gasteiger partial charge in [-0.15, -0.1) is 0 Å². The molecule has 2 aliphatic heterocycles. The van der Waals surface area contributed by atoms with Crippen LogP contribution in [-0.2, 0) is 0 Å². The molecule has 3 rings (SSSR count). The lowest BCUT2D eigenvalue weighted by Gasteiger charge is -2.35. The van der Waals surface area contributed by atoms with Crippen LogP contribution in [0.3, 0.4) is 0 Å². The molecule has 16 heavy (non-hydrogen) atoms. The van der Waals surface area contributed by atoms with Gasteiger partial charge in [0, 0.05) is 18.6 Å². The SMILES string of the molecule is OC(CNC1CCN2CCCC2C1)C1CC1. The van der Waals surface area contributed by atoms with Crippen LogP contribution in [-0.4, -0.2) is 47.8 Å². The van der Waals surface area contributed by atoms with E-state index in [1.807, 2.05) is 0 Å². The van der Waals surface area contributed by atoms with E-state index in [1.165, 1.54) is 51.6 Å². The van der Waals surface area contributed by atoms with Crippen LogP contribution in [0.4, 0.5) is 0 Å². The molecule has 2 saturated heterocycles. The fourth-order valence-corrected chi connectivity index (χ4v) is 3.34. The fraction of sp³-hybridized carbons (Fsp3) is 1.00. The molecule has 3 heteroatoms. The lowest BCUT2D eigenvalue weighted by Crippen LogP contribution is -2.47. The molecule has 3 aliphatic rings. The van der Waals surface area contributed by atoms with Crippen LogP contribution in [0.15, 0.2) is 0 Å². The lowest BCUT2D eigenvalue weighted by molar-refractivity contribution is 0.125. The number of hydrogen-bond acceptors (Lipinski definition) is 3. The van der Waals surface area contributed by atoms with E-state index in [-0.39, 0.29) is 6.10 Å². The summed E-state index contributed by atoms with van der Waals surface area (Å²) in [5, 5.41) is 13.4. The Morgan fingerprint density at radius 2 is 2.06 bits per heavy atom. The summed E-state index contributed by atoms with van der Waals surface area (Å²) in [5.41, 5.74) is 0. The monoisotopic (exact) mass is 224 g/mol. The molecular weight excluding hydrogens is 200 g/mol. The minimum absolute atomic E-state index is 0.0818. The summed E-state index contributed by atoms with van der Waals surface area (Å²) in [6.45, 7) is 3.41. The van der Waals surface area contributed by atoms with Gasteiger partial charge in [-0.05, 0) is 57.5 Å². The number of piperidine rings is 1. The van der Waals surface area contributed by atoms with Crippen molar-refractivity contribution in [1.29, 1.82) is 0 Å². The van der Waals surface area contributed by atoms with E-state index in [0.717, 1.165) is 12.6 Å². The Bertz CT molecular complexity index is 242. The van der Waals surface area contributed by atoms with E-state index in [4.69, 9.17) is 0 Å². The van der Waals surface area contributed by atoms with Gasteiger partial charge in [0.25, 0.3) is 0 Å². The Morgan fingerprint density at radius 1 is 1.19 bits per heavy atom. The molecule has 0 radical (unpaired) electrons. The molecule has 0 aromatic rings. The van der Waals surface area contributed by atoms with E-state index in [9.17, 15) is 5.11 Å². The molecule has 3 atom stereocenters. The second-order valence-corrected chi connectivity index (χ2v) is 5.87. The topological polar surface area (TPSA) is 35.5 Å². The molecule has 1 saturated carbocycles. The molecular formula is C13H24N2O. The minimum atomic E-state index is -0.0818. The van der Waals surface area contributed by atoms with E-state index in [2.05, 4.69) is 10.2 Å². The Labute approximate surface area is 98.2 Å². The van der Waals surface area contributed by atoms with Crippen molar-refractivity contribution in [2.45, 2.75) is 56.7 Å². The molecule has 2 heterocycles. The first-order valence-corrected chi connectivity index (χ1v) is 6.98. The van der Waals surface area contributed by atoms with Crippen LogP contribution in [0.25, 0.3) is 0 Å². The molecule has 0 amide bonds. The van der Waals surface area contributed by atoms with Crippen molar-refractivity contribution in [1.82, 2.24) is 10.2 Å². The standard InChI is InChI=1S/C13H24N2O/c16-13(10-3-4-10)9-14-11-5-7-15-6-1-2-12(15)8-11/h10-14,16H,1-9H2. The highest BCUT2D eigenvalue weighted by Crippen LogP contribution is 2.32. The summed E-state index contributed by atoms with van der Waals surface area (Å²) >= 11 is 0. The summed E-state index contributed by atoms with van der Waals surface area (Å²) in [6.07, 6.45) is 7.76. The maximum Gasteiger partial charge on any atom is 0.0692 e. The van der Waals surface area contributed by atoms with Gasteiger partial charge in [0.05, 0.1) is 6.10 Å². The van der Waals surface area contributed by atoms with Gasteiger partial charge >= 0.3 is 0 Å². The first-order valence-electron chi connectivity index (χ1n) is 6.98. The lowest BCUT2D eigenvalue weighted by atomic mass is 9.97. The number of nitrogens with zero attached hydrogens (tertiary/aromatic N) is 1. The maximum atomic E-state index is 9.83. The van der Waals surface area contributed by atoms with Crippen molar-refractivity contribution in [3.63, 3.8) is 0 Å². The number of rotatable bonds is 4. The smallest absolute Gasteiger partial charge is 0.0692 e. The van der Waals surface area contributed by atoms with Gasteiger partial charge in [0.15, 0.2) is 0 Å². The molecule has 0 spiro atoms. The van der Waals surface area contributed by atoms with E-state index in [0.29, 0.717) is 12.0 Å². The normalized spacial score (nSPS) is 37.3. The second-order valence-electron chi connectivity index (χ2n) is 5.87.